The third kappa shape index (κ3) is 4.76. The Morgan fingerprint density at radius 1 is 1.34 bits per heavy atom. The van der Waals surface area contributed by atoms with Gasteiger partial charge in [-0.1, -0.05) is 22.8 Å². The molecular formula is C22H20ClN3O6. The van der Waals surface area contributed by atoms with Crippen LogP contribution in [0.2, 0.25) is 5.02 Å². The smallest absolute Gasteiger partial charge is 0.308 e. The molecule has 1 amide bonds. The molecule has 9 nitrogen and oxygen atoms in total. The maximum absolute atomic E-state index is 13.1. The van der Waals surface area contributed by atoms with Gasteiger partial charge >= 0.3 is 5.97 Å². The molecule has 0 fully saturated rings. The Hall–Kier alpha value is -3.77. The molecule has 0 aliphatic carbocycles. The van der Waals surface area contributed by atoms with Crippen molar-refractivity contribution >= 4 is 34.9 Å². The summed E-state index contributed by atoms with van der Waals surface area (Å²) in [7, 11) is 1.45. The van der Waals surface area contributed by atoms with Crippen LogP contribution >= 0.6 is 11.6 Å². The van der Waals surface area contributed by atoms with Crippen molar-refractivity contribution in [1.29, 1.82) is 5.26 Å². The van der Waals surface area contributed by atoms with Gasteiger partial charge < -0.3 is 24.7 Å². The summed E-state index contributed by atoms with van der Waals surface area (Å²) < 4.78 is 10.6. The van der Waals surface area contributed by atoms with Crippen LogP contribution in [-0.4, -0.2) is 42.0 Å². The molecule has 0 saturated carbocycles. The van der Waals surface area contributed by atoms with Crippen molar-refractivity contribution < 1.29 is 29.0 Å². The number of anilines is 1. The largest absolute Gasteiger partial charge is 0.493 e. The number of hydrogen-bond acceptors (Lipinski definition) is 7. The summed E-state index contributed by atoms with van der Waals surface area (Å²) in [6, 6.07) is 11.8. The lowest BCUT2D eigenvalue weighted by molar-refractivity contribution is -0.152. The van der Waals surface area contributed by atoms with Crippen LogP contribution in [0, 0.1) is 18.3 Å². The fourth-order valence-corrected chi connectivity index (χ4v) is 3.40. The van der Waals surface area contributed by atoms with E-state index in [9.17, 15) is 14.7 Å². The van der Waals surface area contributed by atoms with E-state index in [1.807, 2.05) is 6.07 Å². The van der Waals surface area contributed by atoms with E-state index < -0.39 is 23.9 Å². The number of aliphatic carboxylic acids is 1. The highest BCUT2D eigenvalue weighted by Crippen LogP contribution is 2.35. The number of nitrogens with one attached hydrogen (secondary N) is 1. The van der Waals surface area contributed by atoms with E-state index in [1.165, 1.54) is 7.11 Å². The van der Waals surface area contributed by atoms with Gasteiger partial charge in [0.05, 0.1) is 19.2 Å². The molecular weight excluding hydrogens is 438 g/mol. The minimum Gasteiger partial charge on any atom is -0.493 e. The van der Waals surface area contributed by atoms with Crippen LogP contribution in [0.1, 0.15) is 24.0 Å². The van der Waals surface area contributed by atoms with Crippen molar-refractivity contribution in [3.8, 4) is 17.6 Å². The molecule has 10 heteroatoms. The van der Waals surface area contributed by atoms with Crippen molar-refractivity contribution in [3.05, 3.63) is 52.5 Å². The van der Waals surface area contributed by atoms with E-state index in [4.69, 9.17) is 31.2 Å². The predicted octanol–water partition coefficient (Wildman–Crippen LogP) is 3.54. The van der Waals surface area contributed by atoms with Gasteiger partial charge in [0.25, 0.3) is 5.91 Å². The molecule has 32 heavy (non-hydrogen) atoms. The number of rotatable bonds is 8. The maximum Gasteiger partial charge on any atom is 0.308 e. The number of carboxylic acid groups (broad SMARTS) is 1. The molecule has 1 atom stereocenters. The van der Waals surface area contributed by atoms with Gasteiger partial charge in [-0.15, -0.1) is 0 Å². The lowest BCUT2D eigenvalue weighted by Gasteiger charge is -2.24. The lowest BCUT2D eigenvalue weighted by Crippen LogP contribution is -2.45. The first-order valence-corrected chi connectivity index (χ1v) is 9.89. The van der Waals surface area contributed by atoms with Gasteiger partial charge in [-0.25, -0.2) is 0 Å². The van der Waals surface area contributed by atoms with E-state index in [1.54, 1.807) is 43.3 Å². The second-order valence-electron chi connectivity index (χ2n) is 7.05. The number of carboxylic acids is 1. The summed E-state index contributed by atoms with van der Waals surface area (Å²) in [5.74, 6) is -1.14. The Morgan fingerprint density at radius 2 is 2.12 bits per heavy atom. The molecule has 2 aromatic rings. The fourth-order valence-electron chi connectivity index (χ4n) is 3.23. The Kier molecular flexibility index (Phi) is 6.85. The van der Waals surface area contributed by atoms with E-state index >= 15 is 0 Å². The van der Waals surface area contributed by atoms with Gasteiger partial charge in [-0.3, -0.25) is 9.59 Å². The Labute approximate surface area is 189 Å². The molecule has 166 valence electrons. The lowest BCUT2D eigenvalue weighted by atomic mass is 9.90. The van der Waals surface area contributed by atoms with Crippen LogP contribution < -0.4 is 14.8 Å². The second kappa shape index (κ2) is 9.58. The highest BCUT2D eigenvalue weighted by atomic mass is 35.5. The van der Waals surface area contributed by atoms with Crippen molar-refractivity contribution in [1.82, 2.24) is 0 Å². The summed E-state index contributed by atoms with van der Waals surface area (Å²) in [6.45, 7) is 1.59. The van der Waals surface area contributed by atoms with Crippen molar-refractivity contribution in [2.24, 2.45) is 5.16 Å². The molecule has 0 radical (unpaired) electrons. The number of nitrogens with zero attached hydrogens (tertiary/aromatic N) is 2. The second-order valence-corrected chi connectivity index (χ2v) is 7.46. The molecule has 1 aliphatic heterocycles. The number of methoxy groups -OCH3 is 1. The number of benzene rings is 2. The molecule has 1 aliphatic rings. The average Bonchev–Trinajstić information content (AvgIpc) is 3.20. The molecule has 0 bridgehead atoms. The van der Waals surface area contributed by atoms with Crippen molar-refractivity contribution in [2.75, 3.05) is 19.0 Å². The van der Waals surface area contributed by atoms with Gasteiger partial charge in [0.15, 0.2) is 18.1 Å². The van der Waals surface area contributed by atoms with E-state index in [0.29, 0.717) is 39.0 Å². The van der Waals surface area contributed by atoms with Crippen LogP contribution in [0.4, 0.5) is 5.69 Å². The molecule has 0 spiro atoms. The first kappa shape index (κ1) is 22.9. The minimum absolute atomic E-state index is 0.0771. The van der Waals surface area contributed by atoms with Crippen LogP contribution in [0.15, 0.2) is 41.6 Å². The average molecular weight is 458 g/mol. The number of carbonyl (C=O) groups excluding carboxylic acids is 1. The quantitative estimate of drug-likeness (QED) is 0.619. The summed E-state index contributed by atoms with van der Waals surface area (Å²) in [5.41, 5.74) is 0.286. The van der Waals surface area contributed by atoms with E-state index in [0.717, 1.165) is 0 Å². The monoisotopic (exact) mass is 457 g/mol. The number of halogens is 1. The number of carbonyl (C=O) groups is 2. The van der Waals surface area contributed by atoms with E-state index in [-0.39, 0.29) is 13.0 Å². The predicted molar refractivity (Wildman–Crippen MR) is 116 cm³/mol. The molecule has 2 aromatic carbocycles. The zero-order valence-corrected chi connectivity index (χ0v) is 18.1. The Balaban J connectivity index is 1.86. The molecule has 0 unspecified atom stereocenters. The number of ether oxygens (including phenoxy) is 2. The van der Waals surface area contributed by atoms with Crippen LogP contribution in [-0.2, 0) is 14.4 Å². The highest BCUT2D eigenvalue weighted by molar-refractivity contribution is 6.31. The van der Waals surface area contributed by atoms with Gasteiger partial charge in [0.1, 0.15) is 6.07 Å². The number of hydrogen-bond donors (Lipinski definition) is 2. The first-order chi connectivity index (χ1) is 15.3. The van der Waals surface area contributed by atoms with E-state index in [2.05, 4.69) is 10.5 Å². The van der Waals surface area contributed by atoms with Crippen LogP contribution in [0.3, 0.4) is 0 Å². The summed E-state index contributed by atoms with van der Waals surface area (Å²) >= 11 is 6.11. The molecule has 0 aromatic heterocycles. The summed E-state index contributed by atoms with van der Waals surface area (Å²) in [4.78, 5) is 30.1. The number of nitriles is 1. The zero-order chi connectivity index (χ0) is 23.3. The molecule has 0 saturated heterocycles. The molecule has 1 heterocycles. The molecule has 2 N–H and O–H groups in total. The van der Waals surface area contributed by atoms with Crippen LogP contribution in [0.5, 0.6) is 11.5 Å². The standard InChI is InChI=1S/C22H20ClN3O6/c1-13-15(23)4-3-5-16(13)25-21(29)22(12-20(27)28)11-17(26-32-22)14-6-7-18(31-9-8-24)19(10-14)30-2/h3-7,10H,9,11-12H2,1-2H3,(H,25,29)(H,27,28)/t22-/m1/s1. The van der Waals surface area contributed by atoms with Gasteiger partial charge in [0.2, 0.25) is 5.60 Å². The van der Waals surface area contributed by atoms with Crippen molar-refractivity contribution in [3.63, 3.8) is 0 Å². The first-order valence-electron chi connectivity index (χ1n) is 9.51. The van der Waals surface area contributed by atoms with Gasteiger partial charge in [-0.05, 0) is 42.8 Å². The number of amides is 1. The third-order valence-corrected chi connectivity index (χ3v) is 5.35. The highest BCUT2D eigenvalue weighted by Gasteiger charge is 2.49. The minimum atomic E-state index is -1.74. The maximum atomic E-state index is 13.1. The fraction of sp³-hybridized carbons (Fsp3) is 0.273. The van der Waals surface area contributed by atoms with Crippen LogP contribution in [0.25, 0.3) is 0 Å². The third-order valence-electron chi connectivity index (χ3n) is 4.94. The van der Waals surface area contributed by atoms with Crippen molar-refractivity contribution in [2.45, 2.75) is 25.4 Å². The Morgan fingerprint density at radius 3 is 2.81 bits per heavy atom. The summed E-state index contributed by atoms with van der Waals surface area (Å²) in [6.07, 6.45) is -0.668. The van der Waals surface area contributed by atoms with Gasteiger partial charge in [0, 0.05) is 22.7 Å². The Bertz CT molecular complexity index is 1130. The number of oxime groups is 1. The van der Waals surface area contributed by atoms with Gasteiger partial charge in [-0.2, -0.15) is 5.26 Å². The summed E-state index contributed by atoms with van der Waals surface area (Å²) in [5, 5.41) is 25.3. The normalized spacial score (nSPS) is 17.0. The SMILES string of the molecule is COc1cc(C2=NO[C@](CC(=O)O)(C(=O)Nc3cccc(Cl)c3C)C2)ccc1OCC#N. The topological polar surface area (TPSA) is 130 Å². The zero-order valence-electron chi connectivity index (χ0n) is 17.3. The molecule has 3 rings (SSSR count).